The lowest BCUT2D eigenvalue weighted by Gasteiger charge is -2.29. The van der Waals surface area contributed by atoms with E-state index >= 15 is 0 Å². The molecule has 4 amide bonds. The van der Waals surface area contributed by atoms with Crippen molar-refractivity contribution < 1.29 is 59.4 Å². The molecule has 1 aliphatic heterocycles. The van der Waals surface area contributed by atoms with Crippen LogP contribution in [0.1, 0.15) is 58.8 Å². The number of halogens is 7. The van der Waals surface area contributed by atoms with Crippen molar-refractivity contribution in [2.45, 2.75) is 82.8 Å². The number of carbonyl (C=O) groups excluding carboxylic acids is 5. The SMILES string of the molecule is CC(C)C[C@H](NC(=O)C(=O)NC1CCC(F)(F)CC1)C(=O)N[C@@H](C[C@@H]1CCNC1=O)C(=O)COc1c(F)c(F)c(F)c(F)c1F. The highest BCUT2D eigenvalue weighted by Crippen LogP contribution is 2.33. The molecule has 10 nitrogen and oxygen atoms in total. The van der Waals surface area contributed by atoms with Crippen LogP contribution in [-0.2, 0) is 24.0 Å². The van der Waals surface area contributed by atoms with Crippen molar-refractivity contribution in [2.75, 3.05) is 13.2 Å². The number of nitrogens with one attached hydrogen (secondary N) is 4. The highest BCUT2D eigenvalue weighted by atomic mass is 19.3. The molecule has 17 heteroatoms. The Kier molecular flexibility index (Phi) is 11.8. The highest BCUT2D eigenvalue weighted by molar-refractivity contribution is 6.35. The van der Waals surface area contributed by atoms with Crippen molar-refractivity contribution in [1.29, 1.82) is 0 Å². The summed E-state index contributed by atoms with van der Waals surface area (Å²) in [6.45, 7) is 2.33. The number of Topliss-reactive ketones (excluding diaryl/α,β-unsaturated/α-hetero) is 1. The van der Waals surface area contributed by atoms with Gasteiger partial charge in [0.2, 0.25) is 46.8 Å². The molecule has 45 heavy (non-hydrogen) atoms. The third-order valence-electron chi connectivity index (χ3n) is 7.50. The lowest BCUT2D eigenvalue weighted by Crippen LogP contribution is -2.56. The predicted octanol–water partition coefficient (Wildman–Crippen LogP) is 2.57. The summed E-state index contributed by atoms with van der Waals surface area (Å²) in [7, 11) is 0. The van der Waals surface area contributed by atoms with E-state index in [-0.39, 0.29) is 44.6 Å². The summed E-state index contributed by atoms with van der Waals surface area (Å²) in [6, 6.07) is -3.68. The Morgan fingerprint density at radius 1 is 0.867 bits per heavy atom. The first-order valence-corrected chi connectivity index (χ1v) is 14.2. The molecule has 4 N–H and O–H groups in total. The number of carbonyl (C=O) groups is 5. The average Bonchev–Trinajstić information content (AvgIpc) is 3.38. The van der Waals surface area contributed by atoms with Crippen molar-refractivity contribution in [3.05, 3.63) is 29.1 Å². The Labute approximate surface area is 253 Å². The molecule has 2 aliphatic rings. The number of hydrogen-bond acceptors (Lipinski definition) is 6. The molecule has 1 heterocycles. The number of alkyl halides is 2. The minimum Gasteiger partial charge on any atom is -0.479 e. The van der Waals surface area contributed by atoms with Gasteiger partial charge in [-0.1, -0.05) is 13.8 Å². The number of rotatable bonds is 12. The first kappa shape index (κ1) is 35.6. The second kappa shape index (κ2) is 14.9. The van der Waals surface area contributed by atoms with Gasteiger partial charge in [-0.3, -0.25) is 24.0 Å². The zero-order valence-electron chi connectivity index (χ0n) is 24.3. The number of benzene rings is 1. The smallest absolute Gasteiger partial charge is 0.309 e. The normalized spacial score (nSPS) is 19.4. The van der Waals surface area contributed by atoms with Gasteiger partial charge in [-0.2, -0.15) is 8.78 Å². The molecule has 0 radical (unpaired) electrons. The second-order valence-corrected chi connectivity index (χ2v) is 11.5. The zero-order valence-corrected chi connectivity index (χ0v) is 24.3. The largest absolute Gasteiger partial charge is 0.479 e. The summed E-state index contributed by atoms with van der Waals surface area (Å²) in [5.41, 5.74) is 0. The van der Waals surface area contributed by atoms with Crippen molar-refractivity contribution in [1.82, 2.24) is 21.3 Å². The number of ketones is 1. The van der Waals surface area contributed by atoms with Gasteiger partial charge in [0.25, 0.3) is 0 Å². The van der Waals surface area contributed by atoms with E-state index < -0.39 is 114 Å². The Bertz CT molecular complexity index is 1290. The minimum atomic E-state index is -2.87. The molecule has 1 aliphatic carbocycles. The lowest BCUT2D eigenvalue weighted by atomic mass is 9.92. The van der Waals surface area contributed by atoms with Crippen LogP contribution in [0.15, 0.2) is 0 Å². The fourth-order valence-corrected chi connectivity index (χ4v) is 5.02. The summed E-state index contributed by atoms with van der Waals surface area (Å²) in [6.07, 6.45) is -1.21. The van der Waals surface area contributed by atoms with Crippen molar-refractivity contribution >= 4 is 29.4 Å². The van der Waals surface area contributed by atoms with Gasteiger partial charge in [0.1, 0.15) is 12.6 Å². The zero-order chi connectivity index (χ0) is 33.6. The molecule has 3 atom stereocenters. The quantitative estimate of drug-likeness (QED) is 0.118. The summed E-state index contributed by atoms with van der Waals surface area (Å²) >= 11 is 0. The lowest BCUT2D eigenvalue weighted by molar-refractivity contribution is -0.142. The fourth-order valence-electron chi connectivity index (χ4n) is 5.02. The van der Waals surface area contributed by atoms with E-state index in [1.807, 2.05) is 0 Å². The number of amides is 4. The van der Waals surface area contributed by atoms with Gasteiger partial charge < -0.3 is 26.0 Å². The van der Waals surface area contributed by atoms with Crippen LogP contribution in [0, 0.1) is 40.9 Å². The molecule has 1 saturated carbocycles. The average molecular weight is 655 g/mol. The molecule has 250 valence electrons. The first-order valence-electron chi connectivity index (χ1n) is 14.2. The van der Waals surface area contributed by atoms with Crippen LogP contribution in [-0.4, -0.2) is 66.6 Å². The van der Waals surface area contributed by atoms with E-state index in [0.717, 1.165) is 0 Å². The first-order chi connectivity index (χ1) is 21.0. The van der Waals surface area contributed by atoms with Gasteiger partial charge in [0, 0.05) is 31.3 Å². The number of hydrogen-bond donors (Lipinski definition) is 4. The molecule has 1 saturated heterocycles. The number of ether oxygens (including phenoxy) is 1. The van der Waals surface area contributed by atoms with Crippen LogP contribution in [0.25, 0.3) is 0 Å². The third kappa shape index (κ3) is 9.29. The van der Waals surface area contributed by atoms with Crippen LogP contribution in [0.5, 0.6) is 5.75 Å². The van der Waals surface area contributed by atoms with Crippen molar-refractivity contribution in [3.63, 3.8) is 0 Å². The Balaban J connectivity index is 1.73. The highest BCUT2D eigenvalue weighted by Gasteiger charge is 2.37. The summed E-state index contributed by atoms with van der Waals surface area (Å²) in [4.78, 5) is 63.6. The molecular formula is C28H33F7N4O6. The Morgan fingerprint density at radius 2 is 1.44 bits per heavy atom. The molecule has 1 aromatic carbocycles. The molecule has 0 aromatic heterocycles. The summed E-state index contributed by atoms with van der Waals surface area (Å²) < 4.78 is 100. The van der Waals surface area contributed by atoms with Crippen LogP contribution in [0.2, 0.25) is 0 Å². The topological polar surface area (TPSA) is 143 Å². The molecular weight excluding hydrogens is 621 g/mol. The van der Waals surface area contributed by atoms with Gasteiger partial charge in [0.15, 0.2) is 11.5 Å². The maximum Gasteiger partial charge on any atom is 0.309 e. The van der Waals surface area contributed by atoms with E-state index in [9.17, 15) is 54.7 Å². The van der Waals surface area contributed by atoms with E-state index in [1.54, 1.807) is 13.8 Å². The van der Waals surface area contributed by atoms with Gasteiger partial charge in [-0.15, -0.1) is 0 Å². The van der Waals surface area contributed by atoms with E-state index in [0.29, 0.717) is 0 Å². The maximum absolute atomic E-state index is 14.1. The predicted molar refractivity (Wildman–Crippen MR) is 141 cm³/mol. The maximum atomic E-state index is 14.1. The van der Waals surface area contributed by atoms with E-state index in [4.69, 9.17) is 0 Å². The monoisotopic (exact) mass is 654 g/mol. The van der Waals surface area contributed by atoms with Gasteiger partial charge in [-0.25, -0.2) is 22.0 Å². The Morgan fingerprint density at radius 3 is 1.98 bits per heavy atom. The molecule has 2 fully saturated rings. The van der Waals surface area contributed by atoms with Crippen molar-refractivity contribution in [2.24, 2.45) is 11.8 Å². The molecule has 0 spiro atoms. The van der Waals surface area contributed by atoms with Crippen LogP contribution >= 0.6 is 0 Å². The third-order valence-corrected chi connectivity index (χ3v) is 7.50. The summed E-state index contributed by atoms with van der Waals surface area (Å²) in [5, 5.41) is 9.45. The van der Waals surface area contributed by atoms with E-state index in [2.05, 4.69) is 26.0 Å². The molecule has 0 bridgehead atoms. The molecule has 0 unspecified atom stereocenters. The molecule has 3 rings (SSSR count). The fraction of sp³-hybridized carbons (Fsp3) is 0.607. The van der Waals surface area contributed by atoms with Crippen LogP contribution in [0.4, 0.5) is 30.7 Å². The Hall–Kier alpha value is -3.92. The summed E-state index contributed by atoms with van der Waals surface area (Å²) in [5.74, 6) is -22.3. The van der Waals surface area contributed by atoms with Gasteiger partial charge in [0.05, 0.1) is 6.04 Å². The standard InChI is InChI=1S/C28H33F7N4O6/c1-12(2)9-16(39-27(44)26(43)37-14-3-6-28(34,35)7-4-14)25(42)38-15(10-13-5-8-36-24(13)41)17(40)11-45-23-21(32)19(30)18(29)20(31)22(23)33/h12-16H,3-11H2,1-2H3,(H,36,41)(H,37,43)(H,38,42)(H,39,44)/t13-,15-,16-/m0/s1. The van der Waals surface area contributed by atoms with E-state index in [1.165, 1.54) is 0 Å². The van der Waals surface area contributed by atoms with Gasteiger partial charge >= 0.3 is 11.8 Å². The van der Waals surface area contributed by atoms with Gasteiger partial charge in [-0.05, 0) is 38.0 Å². The van der Waals surface area contributed by atoms with Crippen molar-refractivity contribution in [3.8, 4) is 5.75 Å². The minimum absolute atomic E-state index is 0.0492. The van der Waals surface area contributed by atoms with Crippen LogP contribution < -0.4 is 26.0 Å². The second-order valence-electron chi connectivity index (χ2n) is 11.5. The molecule has 1 aromatic rings. The van der Waals surface area contributed by atoms with Crippen LogP contribution in [0.3, 0.4) is 0 Å².